The lowest BCUT2D eigenvalue weighted by molar-refractivity contribution is -0.127. The van der Waals surface area contributed by atoms with Gasteiger partial charge in [0, 0.05) is 30.4 Å². The molecular formula is C23H23N3O2. The van der Waals surface area contributed by atoms with Gasteiger partial charge in [0.15, 0.2) is 0 Å². The molecule has 5 nitrogen and oxygen atoms in total. The van der Waals surface area contributed by atoms with E-state index < -0.39 is 0 Å². The Kier molecular flexibility index (Phi) is 5.24. The van der Waals surface area contributed by atoms with E-state index in [0.29, 0.717) is 12.6 Å². The second kappa shape index (κ2) is 8.13. The number of nitrogens with zero attached hydrogens (tertiary/aromatic N) is 3. The van der Waals surface area contributed by atoms with Gasteiger partial charge >= 0.3 is 0 Å². The van der Waals surface area contributed by atoms with Crippen LogP contribution in [0.15, 0.2) is 73.1 Å². The van der Waals surface area contributed by atoms with E-state index in [9.17, 15) is 4.79 Å². The van der Waals surface area contributed by atoms with Crippen LogP contribution in [-0.4, -0.2) is 33.7 Å². The number of hydrogen-bond acceptors (Lipinski definition) is 3. The first-order chi connectivity index (χ1) is 13.7. The third-order valence-electron chi connectivity index (χ3n) is 4.82. The number of aromatic nitrogens is 2. The molecule has 0 bridgehead atoms. The van der Waals surface area contributed by atoms with Gasteiger partial charge < -0.3 is 9.64 Å². The molecule has 142 valence electrons. The summed E-state index contributed by atoms with van der Waals surface area (Å²) in [6, 6.07) is 18.1. The standard InChI is InChI=1S/C23H23N3O2/c1-28-22-12-7-18(8-13-22)16-25(20-10-11-20)23(27)14-9-19-15-24-26(17-19)21-5-3-2-4-6-21/h2-9,12-15,17,20H,10-11,16H2,1H3. The minimum atomic E-state index is 0.0331. The fraction of sp³-hybridized carbons (Fsp3) is 0.217. The van der Waals surface area contributed by atoms with E-state index in [-0.39, 0.29) is 5.91 Å². The Morgan fingerprint density at radius 1 is 1.18 bits per heavy atom. The highest BCUT2D eigenvalue weighted by Crippen LogP contribution is 2.29. The van der Waals surface area contributed by atoms with E-state index >= 15 is 0 Å². The smallest absolute Gasteiger partial charge is 0.247 e. The molecule has 0 N–H and O–H groups in total. The largest absolute Gasteiger partial charge is 0.497 e. The van der Waals surface area contributed by atoms with Crippen molar-refractivity contribution in [3.8, 4) is 11.4 Å². The molecule has 0 spiro atoms. The molecule has 2 aromatic carbocycles. The highest BCUT2D eigenvalue weighted by atomic mass is 16.5. The van der Waals surface area contributed by atoms with E-state index in [1.807, 2.05) is 71.8 Å². The predicted molar refractivity (Wildman–Crippen MR) is 109 cm³/mol. The monoisotopic (exact) mass is 373 g/mol. The Labute approximate surface area is 164 Å². The van der Waals surface area contributed by atoms with Gasteiger partial charge in [0.2, 0.25) is 5.91 Å². The maximum absolute atomic E-state index is 12.8. The molecular weight excluding hydrogens is 350 g/mol. The molecule has 4 rings (SSSR count). The van der Waals surface area contributed by atoms with Gasteiger partial charge in [0.1, 0.15) is 5.75 Å². The maximum atomic E-state index is 12.8. The normalized spacial score (nSPS) is 13.6. The number of amides is 1. The van der Waals surface area contributed by atoms with Crippen molar-refractivity contribution in [2.75, 3.05) is 7.11 Å². The zero-order valence-corrected chi connectivity index (χ0v) is 15.9. The van der Waals surface area contributed by atoms with Crippen molar-refractivity contribution in [3.05, 3.63) is 84.2 Å². The van der Waals surface area contributed by atoms with E-state index in [1.54, 1.807) is 24.1 Å². The minimum Gasteiger partial charge on any atom is -0.497 e. The first kappa shape index (κ1) is 18.0. The summed E-state index contributed by atoms with van der Waals surface area (Å²) in [5.41, 5.74) is 3.00. The first-order valence-corrected chi connectivity index (χ1v) is 9.44. The Hall–Kier alpha value is -3.34. The molecule has 1 aromatic heterocycles. The molecule has 1 heterocycles. The summed E-state index contributed by atoms with van der Waals surface area (Å²) in [6.07, 6.45) is 9.31. The summed E-state index contributed by atoms with van der Waals surface area (Å²) < 4.78 is 7.01. The zero-order valence-electron chi connectivity index (χ0n) is 15.9. The van der Waals surface area contributed by atoms with Crippen molar-refractivity contribution < 1.29 is 9.53 Å². The molecule has 1 amide bonds. The summed E-state index contributed by atoms with van der Waals surface area (Å²) >= 11 is 0. The van der Waals surface area contributed by atoms with Gasteiger partial charge in [0.05, 0.1) is 19.0 Å². The lowest BCUT2D eigenvalue weighted by Gasteiger charge is -2.21. The predicted octanol–water partition coefficient (Wildman–Crippen LogP) is 4.09. The minimum absolute atomic E-state index is 0.0331. The molecule has 0 unspecified atom stereocenters. The number of ether oxygens (including phenoxy) is 1. The quantitative estimate of drug-likeness (QED) is 0.586. The topological polar surface area (TPSA) is 47.4 Å². The van der Waals surface area contributed by atoms with Crippen LogP contribution >= 0.6 is 0 Å². The van der Waals surface area contributed by atoms with Gasteiger partial charge in [-0.2, -0.15) is 5.10 Å². The van der Waals surface area contributed by atoms with Crippen LogP contribution in [0.2, 0.25) is 0 Å². The van der Waals surface area contributed by atoms with Crippen molar-refractivity contribution in [2.45, 2.75) is 25.4 Å². The van der Waals surface area contributed by atoms with Crippen molar-refractivity contribution in [1.29, 1.82) is 0 Å². The number of rotatable bonds is 7. The molecule has 5 heteroatoms. The number of para-hydroxylation sites is 1. The summed E-state index contributed by atoms with van der Waals surface area (Å²) in [5.74, 6) is 0.856. The lowest BCUT2D eigenvalue weighted by atomic mass is 10.2. The molecule has 1 saturated carbocycles. The molecule has 1 fully saturated rings. The third-order valence-corrected chi connectivity index (χ3v) is 4.82. The Bertz CT molecular complexity index is 957. The molecule has 3 aromatic rings. The Morgan fingerprint density at radius 3 is 2.61 bits per heavy atom. The maximum Gasteiger partial charge on any atom is 0.247 e. The molecule has 0 radical (unpaired) electrons. The fourth-order valence-corrected chi connectivity index (χ4v) is 3.11. The molecule has 0 atom stereocenters. The van der Waals surface area contributed by atoms with Gasteiger partial charge in [0.25, 0.3) is 0 Å². The summed E-state index contributed by atoms with van der Waals surface area (Å²) in [4.78, 5) is 14.7. The molecule has 0 saturated heterocycles. The fourth-order valence-electron chi connectivity index (χ4n) is 3.11. The molecule has 0 aliphatic heterocycles. The second-order valence-corrected chi connectivity index (χ2v) is 6.93. The van der Waals surface area contributed by atoms with E-state index in [4.69, 9.17) is 4.74 Å². The summed E-state index contributed by atoms with van der Waals surface area (Å²) in [5, 5.41) is 4.37. The highest BCUT2D eigenvalue weighted by Gasteiger charge is 2.31. The number of benzene rings is 2. The molecule has 1 aliphatic carbocycles. The number of methoxy groups -OCH3 is 1. The van der Waals surface area contributed by atoms with Crippen molar-refractivity contribution in [1.82, 2.24) is 14.7 Å². The molecule has 1 aliphatic rings. The highest BCUT2D eigenvalue weighted by molar-refractivity contribution is 5.92. The van der Waals surface area contributed by atoms with Gasteiger partial charge in [-0.3, -0.25) is 4.79 Å². The van der Waals surface area contributed by atoms with Gasteiger partial charge in [-0.05, 0) is 48.7 Å². The van der Waals surface area contributed by atoms with Gasteiger partial charge in [-0.1, -0.05) is 30.3 Å². The van der Waals surface area contributed by atoms with Gasteiger partial charge in [-0.15, -0.1) is 0 Å². The average molecular weight is 373 g/mol. The van der Waals surface area contributed by atoms with Crippen LogP contribution in [0.5, 0.6) is 5.75 Å². The van der Waals surface area contributed by atoms with Gasteiger partial charge in [-0.25, -0.2) is 4.68 Å². The Morgan fingerprint density at radius 2 is 1.93 bits per heavy atom. The van der Waals surface area contributed by atoms with Crippen LogP contribution in [0, 0.1) is 0 Å². The number of carbonyl (C=O) groups is 1. The summed E-state index contributed by atoms with van der Waals surface area (Å²) in [6.45, 7) is 0.612. The van der Waals surface area contributed by atoms with E-state index in [0.717, 1.165) is 35.4 Å². The van der Waals surface area contributed by atoms with Crippen molar-refractivity contribution in [2.24, 2.45) is 0 Å². The number of carbonyl (C=O) groups excluding carboxylic acids is 1. The van der Waals surface area contributed by atoms with Crippen molar-refractivity contribution in [3.63, 3.8) is 0 Å². The number of hydrogen-bond donors (Lipinski definition) is 0. The van der Waals surface area contributed by atoms with Crippen LogP contribution in [0.25, 0.3) is 11.8 Å². The van der Waals surface area contributed by atoms with Crippen LogP contribution in [0.3, 0.4) is 0 Å². The van der Waals surface area contributed by atoms with E-state index in [1.165, 1.54) is 0 Å². The first-order valence-electron chi connectivity index (χ1n) is 9.44. The Balaban J connectivity index is 1.44. The second-order valence-electron chi connectivity index (χ2n) is 6.93. The van der Waals surface area contributed by atoms with Crippen LogP contribution in [-0.2, 0) is 11.3 Å². The van der Waals surface area contributed by atoms with Crippen LogP contribution in [0.1, 0.15) is 24.0 Å². The zero-order chi connectivity index (χ0) is 19.3. The molecule has 28 heavy (non-hydrogen) atoms. The van der Waals surface area contributed by atoms with Crippen molar-refractivity contribution >= 4 is 12.0 Å². The SMILES string of the molecule is COc1ccc(CN(C(=O)C=Cc2cnn(-c3ccccc3)c2)C2CC2)cc1. The van der Waals surface area contributed by atoms with Crippen LogP contribution < -0.4 is 4.74 Å². The van der Waals surface area contributed by atoms with Crippen LogP contribution in [0.4, 0.5) is 0 Å². The summed E-state index contributed by atoms with van der Waals surface area (Å²) in [7, 11) is 1.65. The third kappa shape index (κ3) is 4.31. The van der Waals surface area contributed by atoms with E-state index in [2.05, 4.69) is 5.10 Å². The lowest BCUT2D eigenvalue weighted by Crippen LogP contribution is -2.31. The average Bonchev–Trinajstić information content (AvgIpc) is 3.48.